The van der Waals surface area contributed by atoms with Crippen molar-refractivity contribution in [3.8, 4) is 0 Å². The maximum atomic E-state index is 12.0. The van der Waals surface area contributed by atoms with Gasteiger partial charge in [0.25, 0.3) is 0 Å². The molecule has 7 nitrogen and oxygen atoms in total. The summed E-state index contributed by atoms with van der Waals surface area (Å²) in [6.45, 7) is 1.02. The average Bonchev–Trinajstić information content (AvgIpc) is 2.77. The van der Waals surface area contributed by atoms with Crippen molar-refractivity contribution in [1.82, 2.24) is 10.6 Å². The van der Waals surface area contributed by atoms with Crippen molar-refractivity contribution in [3.63, 3.8) is 0 Å². The second-order valence-electron chi connectivity index (χ2n) is 4.84. The summed E-state index contributed by atoms with van der Waals surface area (Å²) in [6, 6.07) is -0.515. The molecule has 18 heavy (non-hydrogen) atoms. The minimum absolute atomic E-state index is 0.267. The zero-order chi connectivity index (χ0) is 13.2. The minimum Gasteiger partial charge on any atom is -0.480 e. The summed E-state index contributed by atoms with van der Waals surface area (Å²) in [5.41, 5.74) is -1.23. The molecule has 2 rings (SSSR count). The van der Waals surface area contributed by atoms with E-state index in [0.717, 1.165) is 0 Å². The van der Waals surface area contributed by atoms with E-state index in [1.165, 1.54) is 0 Å². The van der Waals surface area contributed by atoms with Crippen molar-refractivity contribution in [2.75, 3.05) is 19.8 Å². The van der Waals surface area contributed by atoms with E-state index >= 15 is 0 Å². The first-order valence-electron chi connectivity index (χ1n) is 6.08. The molecule has 0 bridgehead atoms. The van der Waals surface area contributed by atoms with Crippen LogP contribution in [0.5, 0.6) is 0 Å². The lowest BCUT2D eigenvalue weighted by Crippen LogP contribution is -2.60. The SMILES string of the molecule is O=C(NC1(C(=O)O)CCOCC1)C1CC(O)CN1. The average molecular weight is 258 g/mol. The molecule has 4 N–H and O–H groups in total. The Bertz CT molecular complexity index is 340. The van der Waals surface area contributed by atoms with E-state index < -0.39 is 23.7 Å². The number of amides is 1. The van der Waals surface area contributed by atoms with Gasteiger partial charge < -0.3 is 25.6 Å². The van der Waals surface area contributed by atoms with Crippen LogP contribution in [0.15, 0.2) is 0 Å². The number of carbonyl (C=O) groups excluding carboxylic acids is 1. The van der Waals surface area contributed by atoms with Gasteiger partial charge in [0.1, 0.15) is 5.54 Å². The van der Waals surface area contributed by atoms with E-state index in [1.54, 1.807) is 0 Å². The molecule has 1 amide bonds. The molecule has 2 atom stereocenters. The molecule has 0 aromatic rings. The lowest BCUT2D eigenvalue weighted by atomic mass is 9.89. The molecule has 0 radical (unpaired) electrons. The van der Waals surface area contributed by atoms with Gasteiger partial charge in [0.2, 0.25) is 5.91 Å². The number of rotatable bonds is 3. The second kappa shape index (κ2) is 5.21. The lowest BCUT2D eigenvalue weighted by molar-refractivity contribution is -0.152. The zero-order valence-corrected chi connectivity index (χ0v) is 10.0. The molecule has 2 unspecified atom stereocenters. The van der Waals surface area contributed by atoms with E-state index in [2.05, 4.69) is 10.6 Å². The molecule has 2 fully saturated rings. The van der Waals surface area contributed by atoms with Crippen molar-refractivity contribution < 1.29 is 24.5 Å². The van der Waals surface area contributed by atoms with Crippen LogP contribution in [0.1, 0.15) is 19.3 Å². The summed E-state index contributed by atoms with van der Waals surface area (Å²) >= 11 is 0. The highest BCUT2D eigenvalue weighted by Crippen LogP contribution is 2.22. The first-order valence-corrected chi connectivity index (χ1v) is 6.08. The highest BCUT2D eigenvalue weighted by molar-refractivity contribution is 5.89. The molecule has 0 saturated carbocycles. The molecule has 0 aliphatic carbocycles. The van der Waals surface area contributed by atoms with E-state index in [9.17, 15) is 19.8 Å². The second-order valence-corrected chi connectivity index (χ2v) is 4.84. The number of hydrogen-bond donors (Lipinski definition) is 4. The number of carbonyl (C=O) groups is 2. The largest absolute Gasteiger partial charge is 0.480 e. The van der Waals surface area contributed by atoms with Crippen LogP contribution in [0.25, 0.3) is 0 Å². The van der Waals surface area contributed by atoms with Gasteiger partial charge in [0, 0.05) is 32.6 Å². The van der Waals surface area contributed by atoms with E-state index in [4.69, 9.17) is 4.74 Å². The van der Waals surface area contributed by atoms with Crippen LogP contribution in [-0.4, -0.2) is 59.5 Å². The Kier molecular flexibility index (Phi) is 3.84. The summed E-state index contributed by atoms with van der Waals surface area (Å²) in [4.78, 5) is 23.3. The molecule has 0 spiro atoms. The maximum absolute atomic E-state index is 12.0. The summed E-state index contributed by atoms with van der Waals surface area (Å²) in [6.07, 6.45) is 0.307. The Balaban J connectivity index is 2.00. The number of aliphatic carboxylic acids is 1. The third kappa shape index (κ3) is 2.63. The van der Waals surface area contributed by atoms with Crippen LogP contribution in [0.4, 0.5) is 0 Å². The molecular weight excluding hydrogens is 240 g/mol. The summed E-state index contributed by atoms with van der Waals surface area (Å²) in [7, 11) is 0. The van der Waals surface area contributed by atoms with Crippen LogP contribution in [0.3, 0.4) is 0 Å². The van der Waals surface area contributed by atoms with Crippen molar-refractivity contribution in [1.29, 1.82) is 0 Å². The molecule has 0 aromatic carbocycles. The van der Waals surface area contributed by atoms with Gasteiger partial charge in [0.05, 0.1) is 12.1 Å². The number of aliphatic hydroxyl groups is 1. The number of ether oxygens (including phenoxy) is 1. The molecule has 102 valence electrons. The first kappa shape index (κ1) is 13.3. The van der Waals surface area contributed by atoms with Gasteiger partial charge in [-0.3, -0.25) is 4.79 Å². The van der Waals surface area contributed by atoms with Crippen molar-refractivity contribution in [2.24, 2.45) is 0 Å². The van der Waals surface area contributed by atoms with E-state index in [-0.39, 0.29) is 18.7 Å². The number of aliphatic hydroxyl groups excluding tert-OH is 1. The first-order chi connectivity index (χ1) is 8.53. The van der Waals surface area contributed by atoms with Crippen LogP contribution in [0, 0.1) is 0 Å². The lowest BCUT2D eigenvalue weighted by Gasteiger charge is -2.34. The van der Waals surface area contributed by atoms with Crippen molar-refractivity contribution in [3.05, 3.63) is 0 Å². The van der Waals surface area contributed by atoms with Gasteiger partial charge in [0.15, 0.2) is 0 Å². The fourth-order valence-corrected chi connectivity index (χ4v) is 2.35. The Labute approximate surface area is 105 Å². The summed E-state index contributed by atoms with van der Waals surface area (Å²) in [5, 5.41) is 24.1. The van der Waals surface area contributed by atoms with Gasteiger partial charge in [-0.1, -0.05) is 0 Å². The Morgan fingerprint density at radius 2 is 2.00 bits per heavy atom. The molecule has 0 aromatic heterocycles. The molecule has 2 saturated heterocycles. The number of carboxylic acid groups (broad SMARTS) is 1. The molecular formula is C11H18N2O5. The standard InChI is InChI=1S/C11H18N2O5/c14-7-5-8(12-6-7)9(15)13-11(10(16)17)1-3-18-4-2-11/h7-8,12,14H,1-6H2,(H,13,15)(H,16,17). The van der Waals surface area contributed by atoms with Gasteiger partial charge in [-0.25, -0.2) is 4.79 Å². The van der Waals surface area contributed by atoms with E-state index in [0.29, 0.717) is 26.2 Å². The Morgan fingerprint density at radius 3 is 2.50 bits per heavy atom. The van der Waals surface area contributed by atoms with Crippen LogP contribution >= 0.6 is 0 Å². The zero-order valence-electron chi connectivity index (χ0n) is 10.0. The molecule has 7 heteroatoms. The fourth-order valence-electron chi connectivity index (χ4n) is 2.35. The quantitative estimate of drug-likeness (QED) is 0.488. The van der Waals surface area contributed by atoms with Gasteiger partial charge in [-0.15, -0.1) is 0 Å². The normalized spacial score (nSPS) is 30.9. The fraction of sp³-hybridized carbons (Fsp3) is 0.818. The minimum atomic E-state index is -1.23. The van der Waals surface area contributed by atoms with Gasteiger partial charge in [-0.2, -0.15) is 0 Å². The third-order valence-electron chi connectivity index (χ3n) is 3.54. The third-order valence-corrected chi connectivity index (χ3v) is 3.54. The molecule has 2 aliphatic heterocycles. The van der Waals surface area contributed by atoms with Crippen molar-refractivity contribution in [2.45, 2.75) is 36.9 Å². The molecule has 2 aliphatic rings. The predicted molar refractivity (Wildman–Crippen MR) is 61.0 cm³/mol. The van der Waals surface area contributed by atoms with Crippen LogP contribution in [-0.2, 0) is 14.3 Å². The summed E-state index contributed by atoms with van der Waals surface area (Å²) in [5.74, 6) is -1.39. The highest BCUT2D eigenvalue weighted by Gasteiger charge is 2.43. The van der Waals surface area contributed by atoms with E-state index in [1.807, 2.05) is 0 Å². The number of β-amino-alcohol motifs (C(OH)–C–C–N with tert-alkyl or cyclic N) is 1. The van der Waals surface area contributed by atoms with Crippen molar-refractivity contribution >= 4 is 11.9 Å². The number of hydrogen-bond acceptors (Lipinski definition) is 5. The Hall–Kier alpha value is -1.18. The van der Waals surface area contributed by atoms with Gasteiger partial charge in [-0.05, 0) is 6.42 Å². The van der Waals surface area contributed by atoms with Gasteiger partial charge >= 0.3 is 5.97 Å². The van der Waals surface area contributed by atoms with Crippen LogP contribution in [0.2, 0.25) is 0 Å². The monoisotopic (exact) mass is 258 g/mol. The maximum Gasteiger partial charge on any atom is 0.329 e. The van der Waals surface area contributed by atoms with Crippen LogP contribution < -0.4 is 10.6 Å². The molecule has 2 heterocycles. The summed E-state index contributed by atoms with van der Waals surface area (Å²) < 4.78 is 5.13. The topological polar surface area (TPSA) is 108 Å². The highest BCUT2D eigenvalue weighted by atomic mass is 16.5. The number of carboxylic acids is 1. The smallest absolute Gasteiger partial charge is 0.329 e. The Morgan fingerprint density at radius 1 is 1.33 bits per heavy atom. The predicted octanol–water partition coefficient (Wildman–Crippen LogP) is -1.54. The number of nitrogens with one attached hydrogen (secondary N) is 2.